The molecule has 2 amide bonds. The number of hydrogen-bond acceptors (Lipinski definition) is 2. The minimum absolute atomic E-state index is 0.511. The minimum atomic E-state index is -0.635. The van der Waals surface area contributed by atoms with Gasteiger partial charge in [-0.2, -0.15) is 0 Å². The quantitative estimate of drug-likeness (QED) is 0.856. The van der Waals surface area contributed by atoms with E-state index in [-0.39, 0.29) is 0 Å². The number of rotatable bonds is 3. The lowest BCUT2D eigenvalue weighted by Gasteiger charge is -2.18. The number of nitrogens with zero attached hydrogens (tertiary/aromatic N) is 1. The van der Waals surface area contributed by atoms with Crippen LogP contribution in [0.5, 0.6) is 0 Å². The summed E-state index contributed by atoms with van der Waals surface area (Å²) in [5.41, 5.74) is 1.42. The summed E-state index contributed by atoms with van der Waals surface area (Å²) in [4.78, 5) is 25.0. The smallest absolute Gasteiger partial charge is 0.313 e. The van der Waals surface area contributed by atoms with Crippen LogP contribution in [0, 0.1) is 6.92 Å². The summed E-state index contributed by atoms with van der Waals surface area (Å²) in [7, 11) is 0. The third-order valence-corrected chi connectivity index (χ3v) is 2.93. The van der Waals surface area contributed by atoms with E-state index in [1.165, 1.54) is 4.90 Å². The highest BCUT2D eigenvalue weighted by Crippen LogP contribution is 2.20. The molecule has 0 bridgehead atoms. The Morgan fingerprint density at radius 2 is 1.89 bits per heavy atom. The maximum Gasteiger partial charge on any atom is 0.313 e. The molecular weight excluding hydrogens is 252 g/mol. The summed E-state index contributed by atoms with van der Waals surface area (Å²) in [6.07, 6.45) is 0. The van der Waals surface area contributed by atoms with Gasteiger partial charge in [0.1, 0.15) is 0 Å². The number of carbonyl (C=O) groups is 2. The zero-order chi connectivity index (χ0) is 13.7. The van der Waals surface area contributed by atoms with Crippen molar-refractivity contribution < 1.29 is 9.59 Å². The number of nitrogens with one attached hydrogen (secondary N) is 1. The van der Waals surface area contributed by atoms with Crippen LogP contribution >= 0.6 is 11.6 Å². The summed E-state index contributed by atoms with van der Waals surface area (Å²) in [5.74, 6) is -1.16. The predicted molar refractivity (Wildman–Crippen MR) is 72.7 cm³/mol. The molecule has 0 unspecified atom stereocenters. The molecule has 5 heteroatoms. The van der Waals surface area contributed by atoms with Crippen molar-refractivity contribution >= 4 is 29.1 Å². The molecule has 4 nitrogen and oxygen atoms in total. The summed E-state index contributed by atoms with van der Waals surface area (Å²) in [6.45, 7) is 6.53. The lowest BCUT2D eigenvalue weighted by molar-refractivity contribution is -0.142. The first kappa shape index (κ1) is 14.5. The third-order valence-electron chi connectivity index (χ3n) is 2.69. The molecule has 1 aromatic carbocycles. The van der Waals surface area contributed by atoms with Crippen LogP contribution in [0.1, 0.15) is 19.4 Å². The van der Waals surface area contributed by atoms with Crippen LogP contribution in [-0.4, -0.2) is 29.8 Å². The van der Waals surface area contributed by atoms with Crippen molar-refractivity contribution in [2.75, 3.05) is 18.4 Å². The highest BCUT2D eigenvalue weighted by Gasteiger charge is 2.19. The van der Waals surface area contributed by atoms with Crippen LogP contribution in [0.15, 0.2) is 18.2 Å². The lowest BCUT2D eigenvalue weighted by Crippen LogP contribution is -2.39. The van der Waals surface area contributed by atoms with Crippen molar-refractivity contribution in [3.8, 4) is 0 Å². The second kappa shape index (κ2) is 6.40. The molecule has 0 aliphatic carbocycles. The molecule has 0 atom stereocenters. The molecule has 0 saturated carbocycles. The fourth-order valence-corrected chi connectivity index (χ4v) is 1.73. The van der Waals surface area contributed by atoms with E-state index in [0.29, 0.717) is 23.8 Å². The van der Waals surface area contributed by atoms with Crippen LogP contribution in [0.3, 0.4) is 0 Å². The SMILES string of the molecule is CCN(CC)C(=O)C(=O)Nc1cc(Cl)ccc1C. The molecular formula is C13H17ClN2O2. The van der Waals surface area contributed by atoms with Gasteiger partial charge in [0, 0.05) is 23.8 Å². The monoisotopic (exact) mass is 268 g/mol. The molecule has 18 heavy (non-hydrogen) atoms. The summed E-state index contributed by atoms with van der Waals surface area (Å²) in [5, 5.41) is 3.10. The summed E-state index contributed by atoms with van der Waals surface area (Å²) in [6, 6.07) is 5.16. The second-order valence-corrected chi connectivity index (χ2v) is 4.33. The Balaban J connectivity index is 2.81. The van der Waals surface area contributed by atoms with Crippen LogP contribution < -0.4 is 5.32 Å². The lowest BCUT2D eigenvalue weighted by atomic mass is 10.2. The Hall–Kier alpha value is -1.55. The average Bonchev–Trinajstić information content (AvgIpc) is 2.35. The van der Waals surface area contributed by atoms with E-state index < -0.39 is 11.8 Å². The molecule has 1 rings (SSSR count). The maximum absolute atomic E-state index is 11.8. The number of benzene rings is 1. The molecule has 1 aromatic rings. The van der Waals surface area contributed by atoms with E-state index in [1.807, 2.05) is 20.8 Å². The molecule has 0 saturated heterocycles. The van der Waals surface area contributed by atoms with Crippen LogP contribution in [0.25, 0.3) is 0 Å². The number of carbonyl (C=O) groups excluding carboxylic acids is 2. The van der Waals surface area contributed by atoms with Crippen LogP contribution in [0.2, 0.25) is 5.02 Å². The van der Waals surface area contributed by atoms with Crippen LogP contribution in [-0.2, 0) is 9.59 Å². The van der Waals surface area contributed by atoms with Crippen molar-refractivity contribution in [3.05, 3.63) is 28.8 Å². The van der Waals surface area contributed by atoms with Gasteiger partial charge in [-0.05, 0) is 38.5 Å². The topological polar surface area (TPSA) is 49.4 Å². The first-order chi connectivity index (χ1) is 8.49. The molecule has 0 aliphatic rings. The normalized spacial score (nSPS) is 10.0. The van der Waals surface area contributed by atoms with E-state index in [4.69, 9.17) is 11.6 Å². The van der Waals surface area contributed by atoms with Crippen LogP contribution in [0.4, 0.5) is 5.69 Å². The zero-order valence-electron chi connectivity index (χ0n) is 10.8. The van der Waals surface area contributed by atoms with Gasteiger partial charge in [-0.25, -0.2) is 0 Å². The van der Waals surface area contributed by atoms with E-state index in [2.05, 4.69) is 5.32 Å². The van der Waals surface area contributed by atoms with Gasteiger partial charge in [0.25, 0.3) is 0 Å². The Morgan fingerprint density at radius 1 is 1.28 bits per heavy atom. The Labute approximate surface area is 112 Å². The molecule has 0 fully saturated rings. The van der Waals surface area contributed by atoms with E-state index in [1.54, 1.807) is 18.2 Å². The van der Waals surface area contributed by atoms with Gasteiger partial charge in [0.05, 0.1) is 0 Å². The molecule has 98 valence electrons. The van der Waals surface area contributed by atoms with E-state index in [9.17, 15) is 9.59 Å². The average molecular weight is 269 g/mol. The molecule has 0 aromatic heterocycles. The largest absolute Gasteiger partial charge is 0.335 e. The first-order valence-corrected chi connectivity index (χ1v) is 6.23. The Kier molecular flexibility index (Phi) is 5.16. The van der Waals surface area contributed by atoms with Gasteiger partial charge >= 0.3 is 11.8 Å². The zero-order valence-corrected chi connectivity index (χ0v) is 11.5. The van der Waals surface area contributed by atoms with Gasteiger partial charge in [-0.1, -0.05) is 17.7 Å². The highest BCUT2D eigenvalue weighted by atomic mass is 35.5. The number of halogens is 1. The number of anilines is 1. The van der Waals surface area contributed by atoms with Gasteiger partial charge in [-0.3, -0.25) is 9.59 Å². The van der Waals surface area contributed by atoms with Gasteiger partial charge in [-0.15, -0.1) is 0 Å². The molecule has 0 radical (unpaired) electrons. The first-order valence-electron chi connectivity index (χ1n) is 5.86. The molecule has 0 aliphatic heterocycles. The van der Waals surface area contributed by atoms with Crippen molar-refractivity contribution in [3.63, 3.8) is 0 Å². The number of aryl methyl sites for hydroxylation is 1. The molecule has 1 N–H and O–H groups in total. The van der Waals surface area contributed by atoms with Crippen molar-refractivity contribution in [2.45, 2.75) is 20.8 Å². The van der Waals surface area contributed by atoms with Gasteiger partial charge in [0.15, 0.2) is 0 Å². The molecule has 0 spiro atoms. The number of likely N-dealkylation sites (N-methyl/N-ethyl adjacent to an activating group) is 1. The van der Waals surface area contributed by atoms with Crippen molar-refractivity contribution in [1.29, 1.82) is 0 Å². The fraction of sp³-hybridized carbons (Fsp3) is 0.385. The summed E-state index contributed by atoms with van der Waals surface area (Å²) < 4.78 is 0. The minimum Gasteiger partial charge on any atom is -0.335 e. The Morgan fingerprint density at radius 3 is 2.44 bits per heavy atom. The predicted octanol–water partition coefficient (Wildman–Crippen LogP) is 2.46. The fourth-order valence-electron chi connectivity index (χ4n) is 1.56. The highest BCUT2D eigenvalue weighted by molar-refractivity contribution is 6.39. The maximum atomic E-state index is 11.8. The van der Waals surface area contributed by atoms with Crippen molar-refractivity contribution in [2.24, 2.45) is 0 Å². The third kappa shape index (κ3) is 3.47. The number of hydrogen-bond donors (Lipinski definition) is 1. The van der Waals surface area contributed by atoms with E-state index >= 15 is 0 Å². The standard InChI is InChI=1S/C13H17ClN2O2/c1-4-16(5-2)13(18)12(17)15-11-8-10(14)7-6-9(11)3/h6-8H,4-5H2,1-3H3,(H,15,17). The Bertz CT molecular complexity index is 456. The number of amides is 2. The summed E-state index contributed by atoms with van der Waals surface area (Å²) >= 11 is 5.85. The van der Waals surface area contributed by atoms with E-state index in [0.717, 1.165) is 5.56 Å². The molecule has 0 heterocycles. The second-order valence-electron chi connectivity index (χ2n) is 3.89. The van der Waals surface area contributed by atoms with Gasteiger partial charge in [0.2, 0.25) is 0 Å². The van der Waals surface area contributed by atoms with Gasteiger partial charge < -0.3 is 10.2 Å². The van der Waals surface area contributed by atoms with Crippen molar-refractivity contribution in [1.82, 2.24) is 4.90 Å².